The van der Waals surface area contributed by atoms with Crippen LogP contribution in [-0.4, -0.2) is 4.98 Å². The number of aromatic nitrogens is 1. The first-order chi connectivity index (χ1) is 7.29. The molecule has 0 aliphatic carbocycles. The fourth-order valence-electron chi connectivity index (χ4n) is 1.47. The SMILES string of the molecule is Cc1nc(CCc2ccco2)sc1CN. The third-order valence-corrected chi connectivity index (χ3v) is 3.53. The number of furan rings is 1. The van der Waals surface area contributed by atoms with Gasteiger partial charge in [0.1, 0.15) is 5.76 Å². The van der Waals surface area contributed by atoms with Gasteiger partial charge in [-0.1, -0.05) is 0 Å². The molecule has 2 N–H and O–H groups in total. The lowest BCUT2D eigenvalue weighted by Crippen LogP contribution is -1.94. The first kappa shape index (κ1) is 10.4. The quantitative estimate of drug-likeness (QED) is 0.863. The van der Waals surface area contributed by atoms with Crippen LogP contribution in [-0.2, 0) is 19.4 Å². The van der Waals surface area contributed by atoms with Crippen LogP contribution in [0.1, 0.15) is 21.3 Å². The zero-order valence-electron chi connectivity index (χ0n) is 8.69. The third-order valence-electron chi connectivity index (χ3n) is 2.29. The summed E-state index contributed by atoms with van der Waals surface area (Å²) in [5, 5.41) is 1.14. The maximum absolute atomic E-state index is 5.61. The van der Waals surface area contributed by atoms with Gasteiger partial charge in [0.2, 0.25) is 0 Å². The molecule has 2 heterocycles. The molecule has 0 spiro atoms. The molecular formula is C11H14N2OS. The van der Waals surface area contributed by atoms with Gasteiger partial charge >= 0.3 is 0 Å². The Bertz CT molecular complexity index is 420. The minimum Gasteiger partial charge on any atom is -0.469 e. The molecule has 0 aliphatic rings. The molecule has 0 atom stereocenters. The van der Waals surface area contributed by atoms with Crippen LogP contribution >= 0.6 is 11.3 Å². The molecule has 3 nitrogen and oxygen atoms in total. The highest BCUT2D eigenvalue weighted by Crippen LogP contribution is 2.19. The summed E-state index contributed by atoms with van der Waals surface area (Å²) < 4.78 is 5.27. The lowest BCUT2D eigenvalue weighted by atomic mass is 10.2. The van der Waals surface area contributed by atoms with E-state index in [0.717, 1.165) is 29.3 Å². The Morgan fingerprint density at radius 3 is 2.93 bits per heavy atom. The Balaban J connectivity index is 1.99. The van der Waals surface area contributed by atoms with E-state index in [-0.39, 0.29) is 0 Å². The Morgan fingerprint density at radius 2 is 2.33 bits per heavy atom. The van der Waals surface area contributed by atoms with Crippen molar-refractivity contribution in [2.75, 3.05) is 0 Å². The second-order valence-corrected chi connectivity index (χ2v) is 4.57. The molecule has 0 fully saturated rings. The van der Waals surface area contributed by atoms with Gasteiger partial charge in [-0.05, 0) is 19.1 Å². The van der Waals surface area contributed by atoms with E-state index in [0.29, 0.717) is 6.54 Å². The summed E-state index contributed by atoms with van der Waals surface area (Å²) >= 11 is 1.70. The van der Waals surface area contributed by atoms with Crippen molar-refractivity contribution in [1.29, 1.82) is 0 Å². The van der Waals surface area contributed by atoms with Crippen molar-refractivity contribution in [3.05, 3.63) is 39.7 Å². The molecular weight excluding hydrogens is 208 g/mol. The van der Waals surface area contributed by atoms with Crippen molar-refractivity contribution in [1.82, 2.24) is 4.98 Å². The molecule has 0 aliphatic heterocycles. The van der Waals surface area contributed by atoms with Gasteiger partial charge in [-0.15, -0.1) is 11.3 Å². The number of rotatable bonds is 4. The van der Waals surface area contributed by atoms with Crippen molar-refractivity contribution in [3.63, 3.8) is 0 Å². The lowest BCUT2D eigenvalue weighted by Gasteiger charge is -1.92. The average Bonchev–Trinajstić information content (AvgIpc) is 2.83. The number of nitrogens with two attached hydrogens (primary N) is 1. The van der Waals surface area contributed by atoms with Crippen molar-refractivity contribution in [3.8, 4) is 0 Å². The van der Waals surface area contributed by atoms with E-state index < -0.39 is 0 Å². The van der Waals surface area contributed by atoms with E-state index >= 15 is 0 Å². The smallest absolute Gasteiger partial charge is 0.104 e. The lowest BCUT2D eigenvalue weighted by molar-refractivity contribution is 0.508. The van der Waals surface area contributed by atoms with Crippen molar-refractivity contribution >= 4 is 11.3 Å². The predicted molar refractivity (Wildman–Crippen MR) is 60.9 cm³/mol. The van der Waals surface area contributed by atoms with Crippen molar-refractivity contribution < 1.29 is 4.42 Å². The van der Waals surface area contributed by atoms with E-state index in [1.165, 1.54) is 4.88 Å². The van der Waals surface area contributed by atoms with Gasteiger partial charge in [0.05, 0.1) is 17.0 Å². The highest BCUT2D eigenvalue weighted by molar-refractivity contribution is 7.11. The summed E-state index contributed by atoms with van der Waals surface area (Å²) in [4.78, 5) is 5.66. The maximum Gasteiger partial charge on any atom is 0.104 e. The molecule has 0 radical (unpaired) electrons. The minimum absolute atomic E-state index is 0.588. The van der Waals surface area contributed by atoms with Crippen LogP contribution in [0.5, 0.6) is 0 Å². The van der Waals surface area contributed by atoms with E-state index in [2.05, 4.69) is 4.98 Å². The molecule has 4 heteroatoms. The van der Waals surface area contributed by atoms with E-state index in [1.54, 1.807) is 17.6 Å². The average molecular weight is 222 g/mol. The normalized spacial score (nSPS) is 10.8. The van der Waals surface area contributed by atoms with Gasteiger partial charge in [0.15, 0.2) is 0 Å². The van der Waals surface area contributed by atoms with Crippen LogP contribution < -0.4 is 5.73 Å². The van der Waals surface area contributed by atoms with Crippen molar-refractivity contribution in [2.45, 2.75) is 26.3 Å². The fraction of sp³-hybridized carbons (Fsp3) is 0.364. The maximum atomic E-state index is 5.61. The van der Waals surface area contributed by atoms with Gasteiger partial charge < -0.3 is 10.2 Å². The number of aryl methyl sites for hydroxylation is 3. The highest BCUT2D eigenvalue weighted by Gasteiger charge is 2.06. The van der Waals surface area contributed by atoms with Gasteiger partial charge in [0.25, 0.3) is 0 Å². The highest BCUT2D eigenvalue weighted by atomic mass is 32.1. The number of nitrogens with zero attached hydrogens (tertiary/aromatic N) is 1. The molecule has 0 aromatic carbocycles. The Hall–Kier alpha value is -1.13. The van der Waals surface area contributed by atoms with Crippen molar-refractivity contribution in [2.24, 2.45) is 5.73 Å². The van der Waals surface area contributed by atoms with Crippen LogP contribution in [0.25, 0.3) is 0 Å². The Kier molecular flexibility index (Phi) is 3.18. The number of hydrogen-bond acceptors (Lipinski definition) is 4. The zero-order chi connectivity index (χ0) is 10.7. The monoisotopic (exact) mass is 222 g/mol. The summed E-state index contributed by atoms with van der Waals surface area (Å²) in [7, 11) is 0. The molecule has 2 rings (SSSR count). The van der Waals surface area contributed by atoms with Gasteiger partial charge in [-0.25, -0.2) is 4.98 Å². The Labute approximate surface area is 92.9 Å². The third kappa shape index (κ3) is 2.46. The summed E-state index contributed by atoms with van der Waals surface area (Å²) in [5.74, 6) is 1.01. The van der Waals surface area contributed by atoms with E-state index in [9.17, 15) is 0 Å². The van der Waals surface area contributed by atoms with Crippen LogP contribution in [0.4, 0.5) is 0 Å². The summed E-state index contributed by atoms with van der Waals surface area (Å²) in [5.41, 5.74) is 6.67. The van der Waals surface area contributed by atoms with E-state index in [1.807, 2.05) is 19.1 Å². The molecule has 80 valence electrons. The standard InChI is InChI=1S/C11H14N2OS/c1-8-10(7-12)15-11(13-8)5-4-9-3-2-6-14-9/h2-3,6H,4-5,7,12H2,1H3. The summed E-state index contributed by atoms with van der Waals surface area (Å²) in [6.07, 6.45) is 3.54. The molecule has 0 saturated carbocycles. The largest absolute Gasteiger partial charge is 0.469 e. The van der Waals surface area contributed by atoms with Crippen LogP contribution in [0.15, 0.2) is 22.8 Å². The van der Waals surface area contributed by atoms with Gasteiger partial charge in [-0.3, -0.25) is 0 Å². The summed E-state index contributed by atoms with van der Waals surface area (Å²) in [6, 6.07) is 3.90. The summed E-state index contributed by atoms with van der Waals surface area (Å²) in [6.45, 7) is 2.60. The second kappa shape index (κ2) is 4.59. The topological polar surface area (TPSA) is 52.0 Å². The minimum atomic E-state index is 0.588. The van der Waals surface area contributed by atoms with Crippen LogP contribution in [0.2, 0.25) is 0 Å². The molecule has 0 saturated heterocycles. The first-order valence-corrected chi connectivity index (χ1v) is 5.79. The van der Waals surface area contributed by atoms with Gasteiger partial charge in [-0.2, -0.15) is 0 Å². The molecule has 15 heavy (non-hydrogen) atoms. The number of thiazole rings is 1. The zero-order valence-corrected chi connectivity index (χ0v) is 9.51. The van der Waals surface area contributed by atoms with Crippen LogP contribution in [0, 0.1) is 6.92 Å². The molecule has 0 amide bonds. The molecule has 0 unspecified atom stereocenters. The van der Waals surface area contributed by atoms with E-state index in [4.69, 9.17) is 10.2 Å². The second-order valence-electron chi connectivity index (χ2n) is 3.40. The molecule has 0 bridgehead atoms. The van der Waals surface area contributed by atoms with Gasteiger partial charge in [0, 0.05) is 24.3 Å². The first-order valence-electron chi connectivity index (χ1n) is 4.97. The molecule has 2 aromatic heterocycles. The molecule has 2 aromatic rings. The Morgan fingerprint density at radius 1 is 1.47 bits per heavy atom. The number of hydrogen-bond donors (Lipinski definition) is 1. The van der Waals surface area contributed by atoms with Crippen LogP contribution in [0.3, 0.4) is 0 Å². The fourth-order valence-corrected chi connectivity index (χ4v) is 2.42. The predicted octanol–water partition coefficient (Wildman–Crippen LogP) is 2.29.